The smallest absolute Gasteiger partial charge is 0.272 e. The first kappa shape index (κ1) is 16.7. The van der Waals surface area contributed by atoms with Crippen molar-refractivity contribution in [2.24, 2.45) is 0 Å². The van der Waals surface area contributed by atoms with E-state index < -0.39 is 0 Å². The molecule has 0 saturated heterocycles. The molecule has 0 unspecified atom stereocenters. The van der Waals surface area contributed by atoms with Crippen molar-refractivity contribution in [3.63, 3.8) is 0 Å². The first-order valence-electron chi connectivity index (χ1n) is 8.29. The standard InChI is InChI=1S/C18H21ClN4O/c1-12-11-13(19)7-8-15(12)21-17-10-9-16(22-23-17)18(24)20-14-5-3-2-4-6-14/h7-11,14H,2-6H2,1H3,(H,20,24)(H,21,23). The van der Waals surface area contributed by atoms with E-state index >= 15 is 0 Å². The Bertz CT molecular complexity index is 711. The maximum Gasteiger partial charge on any atom is 0.272 e. The Hall–Kier alpha value is -2.14. The van der Waals surface area contributed by atoms with Gasteiger partial charge in [-0.2, -0.15) is 0 Å². The van der Waals surface area contributed by atoms with Gasteiger partial charge >= 0.3 is 0 Å². The number of halogens is 1. The maximum absolute atomic E-state index is 12.2. The molecule has 0 bridgehead atoms. The van der Waals surface area contributed by atoms with E-state index in [4.69, 9.17) is 11.6 Å². The number of nitrogens with one attached hydrogen (secondary N) is 2. The Labute approximate surface area is 146 Å². The Morgan fingerprint density at radius 2 is 1.92 bits per heavy atom. The van der Waals surface area contributed by atoms with Crippen LogP contribution < -0.4 is 10.6 Å². The fourth-order valence-corrected chi connectivity index (χ4v) is 3.16. The molecule has 1 aromatic carbocycles. The molecular formula is C18H21ClN4O. The molecule has 6 heteroatoms. The molecule has 1 fully saturated rings. The van der Waals surface area contributed by atoms with Crippen molar-refractivity contribution >= 4 is 29.0 Å². The fraction of sp³-hybridized carbons (Fsp3) is 0.389. The molecule has 1 aliphatic carbocycles. The summed E-state index contributed by atoms with van der Waals surface area (Å²) in [6.45, 7) is 1.97. The molecule has 1 heterocycles. The summed E-state index contributed by atoms with van der Waals surface area (Å²) >= 11 is 5.96. The van der Waals surface area contributed by atoms with Crippen LogP contribution in [0.2, 0.25) is 5.02 Å². The third-order valence-electron chi connectivity index (χ3n) is 4.29. The van der Waals surface area contributed by atoms with Gasteiger partial charge in [-0.05, 0) is 55.7 Å². The van der Waals surface area contributed by atoms with Gasteiger partial charge in [0, 0.05) is 16.8 Å². The summed E-state index contributed by atoms with van der Waals surface area (Å²) in [5, 5.41) is 15.1. The second-order valence-corrected chi connectivity index (χ2v) is 6.63. The van der Waals surface area contributed by atoms with E-state index in [1.807, 2.05) is 25.1 Å². The lowest BCUT2D eigenvalue weighted by Crippen LogP contribution is -2.36. The van der Waals surface area contributed by atoms with Crippen LogP contribution in [0.3, 0.4) is 0 Å². The molecule has 2 N–H and O–H groups in total. The van der Waals surface area contributed by atoms with Crippen molar-refractivity contribution in [1.29, 1.82) is 0 Å². The second-order valence-electron chi connectivity index (χ2n) is 6.20. The molecule has 1 aliphatic rings. The van der Waals surface area contributed by atoms with Gasteiger partial charge in [-0.3, -0.25) is 4.79 Å². The third kappa shape index (κ3) is 4.23. The Morgan fingerprint density at radius 3 is 2.58 bits per heavy atom. The van der Waals surface area contributed by atoms with Crippen LogP contribution in [0, 0.1) is 6.92 Å². The minimum atomic E-state index is -0.149. The van der Waals surface area contributed by atoms with Crippen LogP contribution in [0.15, 0.2) is 30.3 Å². The average molecular weight is 345 g/mol. The first-order chi connectivity index (χ1) is 11.6. The summed E-state index contributed by atoms with van der Waals surface area (Å²) in [4.78, 5) is 12.2. The van der Waals surface area contributed by atoms with Crippen LogP contribution in [-0.2, 0) is 0 Å². The quantitative estimate of drug-likeness (QED) is 0.870. The van der Waals surface area contributed by atoms with E-state index in [1.165, 1.54) is 19.3 Å². The van der Waals surface area contributed by atoms with E-state index in [0.29, 0.717) is 16.5 Å². The zero-order valence-corrected chi connectivity index (χ0v) is 14.4. The Kier molecular flexibility index (Phi) is 5.30. The largest absolute Gasteiger partial charge is 0.348 e. The highest BCUT2D eigenvalue weighted by Crippen LogP contribution is 2.22. The first-order valence-corrected chi connectivity index (χ1v) is 8.67. The normalized spacial score (nSPS) is 15.1. The summed E-state index contributed by atoms with van der Waals surface area (Å²) in [6.07, 6.45) is 5.72. The number of rotatable bonds is 4. The van der Waals surface area contributed by atoms with Gasteiger partial charge in [0.15, 0.2) is 11.5 Å². The van der Waals surface area contributed by atoms with Crippen molar-refractivity contribution in [1.82, 2.24) is 15.5 Å². The number of amides is 1. The van der Waals surface area contributed by atoms with E-state index in [2.05, 4.69) is 20.8 Å². The van der Waals surface area contributed by atoms with E-state index in [1.54, 1.807) is 12.1 Å². The van der Waals surface area contributed by atoms with Crippen LogP contribution in [0.5, 0.6) is 0 Å². The zero-order valence-electron chi connectivity index (χ0n) is 13.7. The summed E-state index contributed by atoms with van der Waals surface area (Å²) in [5.41, 5.74) is 2.27. The number of anilines is 2. The van der Waals surface area contributed by atoms with Crippen molar-refractivity contribution in [2.45, 2.75) is 45.1 Å². The molecule has 0 radical (unpaired) electrons. The third-order valence-corrected chi connectivity index (χ3v) is 4.52. The van der Waals surface area contributed by atoms with Gasteiger partial charge in [-0.15, -0.1) is 10.2 Å². The van der Waals surface area contributed by atoms with E-state index in [9.17, 15) is 4.79 Å². The van der Waals surface area contributed by atoms with E-state index in [-0.39, 0.29) is 11.9 Å². The molecule has 0 atom stereocenters. The van der Waals surface area contributed by atoms with Crippen LogP contribution in [0.4, 0.5) is 11.5 Å². The second kappa shape index (κ2) is 7.62. The lowest BCUT2D eigenvalue weighted by Gasteiger charge is -2.22. The van der Waals surface area contributed by atoms with Gasteiger partial charge in [0.05, 0.1) is 0 Å². The number of aromatic nitrogens is 2. The van der Waals surface area contributed by atoms with E-state index in [0.717, 1.165) is 24.1 Å². The molecular weight excluding hydrogens is 324 g/mol. The van der Waals surface area contributed by atoms with Gasteiger partial charge in [-0.1, -0.05) is 30.9 Å². The zero-order chi connectivity index (χ0) is 16.9. The number of nitrogens with zero attached hydrogens (tertiary/aromatic N) is 2. The minimum absolute atomic E-state index is 0.149. The maximum atomic E-state index is 12.2. The molecule has 0 aliphatic heterocycles. The molecule has 1 saturated carbocycles. The van der Waals surface area contributed by atoms with Gasteiger partial charge in [0.1, 0.15) is 0 Å². The number of aryl methyl sites for hydroxylation is 1. The van der Waals surface area contributed by atoms with Crippen LogP contribution in [0.25, 0.3) is 0 Å². The number of hydrogen-bond acceptors (Lipinski definition) is 4. The lowest BCUT2D eigenvalue weighted by atomic mass is 9.95. The number of hydrogen-bond donors (Lipinski definition) is 2. The monoisotopic (exact) mass is 344 g/mol. The molecule has 1 amide bonds. The van der Waals surface area contributed by atoms with Gasteiger partial charge < -0.3 is 10.6 Å². The summed E-state index contributed by atoms with van der Waals surface area (Å²) in [6, 6.07) is 9.31. The molecule has 2 aromatic rings. The average Bonchev–Trinajstić information content (AvgIpc) is 2.59. The van der Waals surface area contributed by atoms with Crippen molar-refractivity contribution < 1.29 is 4.79 Å². The summed E-state index contributed by atoms with van der Waals surface area (Å²) in [7, 11) is 0. The van der Waals surface area contributed by atoms with Crippen molar-refractivity contribution in [3.8, 4) is 0 Å². The van der Waals surface area contributed by atoms with Crippen LogP contribution in [-0.4, -0.2) is 22.1 Å². The van der Waals surface area contributed by atoms with Gasteiger partial charge in [0.25, 0.3) is 5.91 Å². The van der Waals surface area contributed by atoms with Crippen molar-refractivity contribution in [2.75, 3.05) is 5.32 Å². The Balaban J connectivity index is 1.63. The topological polar surface area (TPSA) is 66.9 Å². The molecule has 24 heavy (non-hydrogen) atoms. The lowest BCUT2D eigenvalue weighted by molar-refractivity contribution is 0.0921. The highest BCUT2D eigenvalue weighted by atomic mass is 35.5. The SMILES string of the molecule is Cc1cc(Cl)ccc1Nc1ccc(C(=O)NC2CCCCC2)nn1. The molecule has 1 aromatic heterocycles. The number of carbonyl (C=O) groups is 1. The number of benzene rings is 1. The van der Waals surface area contributed by atoms with Gasteiger partial charge in [0.2, 0.25) is 0 Å². The summed E-state index contributed by atoms with van der Waals surface area (Å²) in [5.74, 6) is 0.443. The molecule has 126 valence electrons. The highest BCUT2D eigenvalue weighted by molar-refractivity contribution is 6.30. The van der Waals surface area contributed by atoms with Gasteiger partial charge in [-0.25, -0.2) is 0 Å². The van der Waals surface area contributed by atoms with Crippen LogP contribution in [0.1, 0.15) is 48.2 Å². The molecule has 0 spiro atoms. The predicted octanol–water partition coefficient (Wildman–Crippen LogP) is 4.24. The van der Waals surface area contributed by atoms with Crippen molar-refractivity contribution in [3.05, 3.63) is 46.6 Å². The fourth-order valence-electron chi connectivity index (χ4n) is 2.93. The molecule has 3 rings (SSSR count). The number of carbonyl (C=O) groups excluding carboxylic acids is 1. The summed E-state index contributed by atoms with van der Waals surface area (Å²) < 4.78 is 0. The predicted molar refractivity (Wildman–Crippen MR) is 95.8 cm³/mol. The highest BCUT2D eigenvalue weighted by Gasteiger charge is 2.17. The Morgan fingerprint density at radius 1 is 1.12 bits per heavy atom. The minimum Gasteiger partial charge on any atom is -0.348 e. The molecule has 5 nitrogen and oxygen atoms in total. The van der Waals surface area contributed by atoms with Crippen LogP contribution >= 0.6 is 11.6 Å².